The zero-order chi connectivity index (χ0) is 12.4. The summed E-state index contributed by atoms with van der Waals surface area (Å²) in [5.74, 6) is 0.730. The standard InChI is InChI=1S/C15H26O/c1-13(2)15(4)11-10-14(3)9-7-5-6-8-12-16/h5-8,14,16H,9-12H2,1-4H3. The molecule has 1 nitrogen and oxygen atoms in total. The van der Waals surface area contributed by atoms with Crippen molar-refractivity contribution in [2.45, 2.75) is 47.0 Å². The van der Waals surface area contributed by atoms with Crippen molar-refractivity contribution in [2.75, 3.05) is 6.61 Å². The van der Waals surface area contributed by atoms with E-state index in [1.54, 1.807) is 6.08 Å². The smallest absolute Gasteiger partial charge is 0.0615 e. The Labute approximate surface area is 101 Å². The minimum absolute atomic E-state index is 0.125. The molecule has 0 radical (unpaired) electrons. The Morgan fingerprint density at radius 3 is 2.31 bits per heavy atom. The van der Waals surface area contributed by atoms with Crippen molar-refractivity contribution in [2.24, 2.45) is 5.92 Å². The SMILES string of the molecule is CC(C)=C(C)CCC(C)CC=CC=CCO. The quantitative estimate of drug-likeness (QED) is 0.504. The first kappa shape index (κ1) is 15.2. The molecule has 92 valence electrons. The van der Waals surface area contributed by atoms with Gasteiger partial charge in [0.2, 0.25) is 0 Å². The lowest BCUT2D eigenvalue weighted by Crippen LogP contribution is -1.93. The van der Waals surface area contributed by atoms with E-state index >= 15 is 0 Å². The van der Waals surface area contributed by atoms with Crippen molar-refractivity contribution in [3.63, 3.8) is 0 Å². The molecular weight excluding hydrogens is 196 g/mol. The van der Waals surface area contributed by atoms with Gasteiger partial charge in [-0.05, 0) is 46.0 Å². The van der Waals surface area contributed by atoms with E-state index in [-0.39, 0.29) is 6.61 Å². The van der Waals surface area contributed by atoms with Crippen LogP contribution in [0.4, 0.5) is 0 Å². The third-order valence-electron chi connectivity index (χ3n) is 2.89. The van der Waals surface area contributed by atoms with Crippen molar-refractivity contribution in [1.82, 2.24) is 0 Å². The maximum atomic E-state index is 8.55. The monoisotopic (exact) mass is 222 g/mol. The van der Waals surface area contributed by atoms with Gasteiger partial charge >= 0.3 is 0 Å². The van der Waals surface area contributed by atoms with Crippen LogP contribution in [-0.2, 0) is 0 Å². The van der Waals surface area contributed by atoms with E-state index in [1.165, 1.54) is 24.0 Å². The Morgan fingerprint density at radius 1 is 1.12 bits per heavy atom. The minimum Gasteiger partial charge on any atom is -0.392 e. The summed E-state index contributed by atoms with van der Waals surface area (Å²) in [5, 5.41) is 8.55. The van der Waals surface area contributed by atoms with Crippen LogP contribution in [0.15, 0.2) is 35.5 Å². The van der Waals surface area contributed by atoms with Gasteiger partial charge in [0, 0.05) is 0 Å². The van der Waals surface area contributed by atoms with Crippen LogP contribution in [-0.4, -0.2) is 11.7 Å². The van der Waals surface area contributed by atoms with E-state index in [4.69, 9.17) is 5.11 Å². The van der Waals surface area contributed by atoms with Crippen molar-refractivity contribution in [3.8, 4) is 0 Å². The van der Waals surface area contributed by atoms with Crippen molar-refractivity contribution < 1.29 is 5.11 Å². The van der Waals surface area contributed by atoms with Gasteiger partial charge in [0.25, 0.3) is 0 Å². The summed E-state index contributed by atoms with van der Waals surface area (Å²) >= 11 is 0. The highest BCUT2D eigenvalue weighted by atomic mass is 16.2. The fourth-order valence-electron chi connectivity index (χ4n) is 1.36. The molecule has 0 amide bonds. The van der Waals surface area contributed by atoms with Gasteiger partial charge in [-0.3, -0.25) is 0 Å². The van der Waals surface area contributed by atoms with Crippen LogP contribution in [0.5, 0.6) is 0 Å². The molecule has 0 rings (SSSR count). The molecule has 0 aromatic carbocycles. The van der Waals surface area contributed by atoms with Crippen molar-refractivity contribution in [1.29, 1.82) is 0 Å². The van der Waals surface area contributed by atoms with Gasteiger partial charge in [-0.1, -0.05) is 42.4 Å². The Hall–Kier alpha value is -0.820. The predicted octanol–water partition coefficient (Wildman–Crippen LogP) is 4.25. The first-order valence-corrected chi connectivity index (χ1v) is 6.13. The van der Waals surface area contributed by atoms with E-state index < -0.39 is 0 Å². The first-order chi connectivity index (χ1) is 7.57. The molecule has 1 unspecified atom stereocenters. The molecule has 0 saturated carbocycles. The maximum Gasteiger partial charge on any atom is 0.0615 e. The number of hydrogen-bond acceptors (Lipinski definition) is 1. The topological polar surface area (TPSA) is 20.2 Å². The molecule has 1 heteroatoms. The Kier molecular flexibility index (Phi) is 8.93. The molecule has 0 aliphatic carbocycles. The Bertz CT molecular complexity index is 255. The average molecular weight is 222 g/mol. The molecular formula is C15H26O. The van der Waals surface area contributed by atoms with E-state index in [0.29, 0.717) is 0 Å². The van der Waals surface area contributed by atoms with E-state index in [9.17, 15) is 0 Å². The van der Waals surface area contributed by atoms with E-state index in [2.05, 4.69) is 33.8 Å². The van der Waals surface area contributed by atoms with Crippen LogP contribution >= 0.6 is 0 Å². The minimum atomic E-state index is 0.125. The van der Waals surface area contributed by atoms with Gasteiger partial charge in [0.15, 0.2) is 0 Å². The molecule has 0 heterocycles. The lowest BCUT2D eigenvalue weighted by atomic mass is 9.97. The summed E-state index contributed by atoms with van der Waals surface area (Å²) in [7, 11) is 0. The molecule has 0 saturated heterocycles. The second-order valence-electron chi connectivity index (χ2n) is 4.70. The largest absolute Gasteiger partial charge is 0.392 e. The van der Waals surface area contributed by atoms with Crippen LogP contribution < -0.4 is 0 Å². The van der Waals surface area contributed by atoms with E-state index in [0.717, 1.165) is 12.3 Å². The summed E-state index contributed by atoms with van der Waals surface area (Å²) < 4.78 is 0. The molecule has 0 fully saturated rings. The number of aliphatic hydroxyl groups excluding tert-OH is 1. The summed E-state index contributed by atoms with van der Waals surface area (Å²) in [6.45, 7) is 9.00. The number of hydrogen-bond donors (Lipinski definition) is 1. The van der Waals surface area contributed by atoms with Gasteiger partial charge in [0.05, 0.1) is 6.61 Å². The van der Waals surface area contributed by atoms with Gasteiger partial charge in [-0.25, -0.2) is 0 Å². The zero-order valence-corrected chi connectivity index (χ0v) is 11.2. The normalized spacial score (nSPS) is 13.6. The molecule has 0 aliphatic rings. The first-order valence-electron chi connectivity index (χ1n) is 6.13. The maximum absolute atomic E-state index is 8.55. The van der Waals surface area contributed by atoms with Gasteiger partial charge in [-0.15, -0.1) is 0 Å². The summed E-state index contributed by atoms with van der Waals surface area (Å²) in [6, 6.07) is 0. The molecule has 0 aliphatic heterocycles. The molecule has 0 bridgehead atoms. The third-order valence-corrected chi connectivity index (χ3v) is 2.89. The van der Waals surface area contributed by atoms with Crippen LogP contribution in [0.2, 0.25) is 0 Å². The van der Waals surface area contributed by atoms with E-state index in [1.807, 2.05) is 12.2 Å². The number of allylic oxidation sites excluding steroid dienone is 5. The van der Waals surface area contributed by atoms with Crippen LogP contribution in [0.25, 0.3) is 0 Å². The molecule has 0 spiro atoms. The summed E-state index contributed by atoms with van der Waals surface area (Å²) in [5.41, 5.74) is 2.98. The summed E-state index contributed by atoms with van der Waals surface area (Å²) in [4.78, 5) is 0. The molecule has 1 atom stereocenters. The van der Waals surface area contributed by atoms with Crippen molar-refractivity contribution in [3.05, 3.63) is 35.5 Å². The van der Waals surface area contributed by atoms with Gasteiger partial charge in [-0.2, -0.15) is 0 Å². The summed E-state index contributed by atoms with van der Waals surface area (Å²) in [6.07, 6.45) is 11.4. The van der Waals surface area contributed by atoms with Gasteiger partial charge in [0.1, 0.15) is 0 Å². The highest BCUT2D eigenvalue weighted by Crippen LogP contribution is 2.17. The lowest BCUT2D eigenvalue weighted by Gasteiger charge is -2.09. The third kappa shape index (κ3) is 8.49. The van der Waals surface area contributed by atoms with Crippen LogP contribution in [0, 0.1) is 5.92 Å². The molecule has 1 N–H and O–H groups in total. The van der Waals surface area contributed by atoms with Gasteiger partial charge < -0.3 is 5.11 Å². The lowest BCUT2D eigenvalue weighted by molar-refractivity contribution is 0.343. The number of aliphatic hydroxyl groups is 1. The van der Waals surface area contributed by atoms with Crippen molar-refractivity contribution >= 4 is 0 Å². The Morgan fingerprint density at radius 2 is 1.75 bits per heavy atom. The molecule has 16 heavy (non-hydrogen) atoms. The van der Waals surface area contributed by atoms with Crippen LogP contribution in [0.3, 0.4) is 0 Å². The molecule has 0 aromatic rings. The highest BCUT2D eigenvalue weighted by molar-refractivity contribution is 5.06. The number of rotatable bonds is 7. The average Bonchev–Trinajstić information content (AvgIpc) is 2.25. The fraction of sp³-hybridized carbons (Fsp3) is 0.600. The highest BCUT2D eigenvalue weighted by Gasteiger charge is 2.00. The second kappa shape index (κ2) is 9.41. The molecule has 0 aromatic heterocycles. The fourth-order valence-corrected chi connectivity index (χ4v) is 1.36. The van der Waals surface area contributed by atoms with Crippen LogP contribution in [0.1, 0.15) is 47.0 Å². The zero-order valence-electron chi connectivity index (χ0n) is 11.2. The Balaban J connectivity index is 3.75. The predicted molar refractivity (Wildman–Crippen MR) is 72.4 cm³/mol. The second-order valence-corrected chi connectivity index (χ2v) is 4.70.